The highest BCUT2D eigenvalue weighted by Crippen LogP contribution is 2.03. The molecule has 0 heterocycles. The zero-order valence-corrected chi connectivity index (χ0v) is 7.68. The fraction of sp³-hybridized carbons (Fsp3) is 1.00. The molecule has 0 N–H and O–H groups in total. The Balaban J connectivity index is -0.000000320. The second-order valence-corrected chi connectivity index (χ2v) is 2.61. The van der Waals surface area contributed by atoms with Crippen LogP contribution in [0.15, 0.2) is 0 Å². The molecule has 0 atom stereocenters. The predicted octanol–water partition coefficient (Wildman–Crippen LogP) is 2.15. The quantitative estimate of drug-likeness (QED) is 0.540. The SMILES string of the molecule is CC[N+](CC)(CC)CC.F.[H+]. The van der Waals surface area contributed by atoms with Gasteiger partial charge < -0.3 is 4.48 Å². The summed E-state index contributed by atoms with van der Waals surface area (Å²) in [5, 5.41) is 0. The van der Waals surface area contributed by atoms with Crippen LogP contribution in [0.25, 0.3) is 0 Å². The second-order valence-electron chi connectivity index (χ2n) is 2.61. The Morgan fingerprint density at radius 2 is 1.00 bits per heavy atom. The van der Waals surface area contributed by atoms with E-state index in [2.05, 4.69) is 27.7 Å². The lowest BCUT2D eigenvalue weighted by Crippen LogP contribution is -2.47. The van der Waals surface area contributed by atoms with Gasteiger partial charge in [0, 0.05) is 0 Å². The van der Waals surface area contributed by atoms with Crippen molar-refractivity contribution in [1.82, 2.24) is 0 Å². The first-order valence-electron chi connectivity index (χ1n) is 4.09. The van der Waals surface area contributed by atoms with Gasteiger partial charge in [-0.05, 0) is 27.7 Å². The van der Waals surface area contributed by atoms with Gasteiger partial charge in [0.05, 0.1) is 26.2 Å². The first-order valence-corrected chi connectivity index (χ1v) is 4.09. The zero-order valence-electron chi connectivity index (χ0n) is 8.68. The maximum atomic E-state index is 2.27. The number of nitrogens with zero attached hydrogens (tertiary/aromatic N) is 1. The van der Waals surface area contributed by atoms with E-state index in [0.717, 1.165) is 0 Å². The van der Waals surface area contributed by atoms with Crippen molar-refractivity contribution in [3.05, 3.63) is 0 Å². The number of quaternary nitrogens is 1. The van der Waals surface area contributed by atoms with Gasteiger partial charge in [-0.1, -0.05) is 0 Å². The van der Waals surface area contributed by atoms with Crippen LogP contribution in [0.4, 0.5) is 4.70 Å². The fourth-order valence-corrected chi connectivity index (χ4v) is 1.34. The molecule has 0 aliphatic heterocycles. The molecule has 0 aliphatic carbocycles. The molecule has 0 aromatic heterocycles. The third-order valence-corrected chi connectivity index (χ3v) is 2.68. The Bertz CT molecular complexity index is 57.0. The minimum absolute atomic E-state index is 0. The molecule has 0 spiro atoms. The van der Waals surface area contributed by atoms with E-state index >= 15 is 0 Å². The maximum Gasteiger partial charge on any atom is 1.00 e. The Kier molecular flexibility index (Phi) is 7.10. The van der Waals surface area contributed by atoms with Gasteiger partial charge in [0.25, 0.3) is 0 Å². The molecule has 10 heavy (non-hydrogen) atoms. The Morgan fingerprint density at radius 1 is 0.800 bits per heavy atom. The van der Waals surface area contributed by atoms with Crippen LogP contribution in [0.2, 0.25) is 0 Å². The molecule has 0 fully saturated rings. The molecule has 0 saturated carbocycles. The van der Waals surface area contributed by atoms with Gasteiger partial charge in [-0.3, -0.25) is 4.70 Å². The summed E-state index contributed by atoms with van der Waals surface area (Å²) < 4.78 is 1.28. The van der Waals surface area contributed by atoms with Gasteiger partial charge in [-0.25, -0.2) is 0 Å². The van der Waals surface area contributed by atoms with Gasteiger partial charge in [-0.15, -0.1) is 0 Å². The van der Waals surface area contributed by atoms with Gasteiger partial charge in [0.2, 0.25) is 0 Å². The number of rotatable bonds is 4. The van der Waals surface area contributed by atoms with E-state index in [1.54, 1.807) is 0 Å². The van der Waals surface area contributed by atoms with Crippen LogP contribution in [0.3, 0.4) is 0 Å². The highest BCUT2D eigenvalue weighted by Gasteiger charge is 2.16. The van der Waals surface area contributed by atoms with Gasteiger partial charge in [0.15, 0.2) is 0 Å². The molecule has 0 saturated heterocycles. The van der Waals surface area contributed by atoms with Gasteiger partial charge >= 0.3 is 1.43 Å². The van der Waals surface area contributed by atoms with Crippen molar-refractivity contribution < 1.29 is 10.6 Å². The molecule has 0 aromatic carbocycles. The van der Waals surface area contributed by atoms with Crippen LogP contribution in [0, 0.1) is 0 Å². The lowest BCUT2D eigenvalue weighted by atomic mass is 10.3. The number of halogens is 1. The van der Waals surface area contributed by atoms with E-state index in [-0.39, 0.29) is 6.13 Å². The summed E-state index contributed by atoms with van der Waals surface area (Å²) >= 11 is 0. The summed E-state index contributed by atoms with van der Waals surface area (Å²) in [6, 6.07) is 0. The lowest BCUT2D eigenvalue weighted by Gasteiger charge is -2.34. The van der Waals surface area contributed by atoms with E-state index in [9.17, 15) is 0 Å². The maximum absolute atomic E-state index is 2.27. The van der Waals surface area contributed by atoms with Crippen molar-refractivity contribution in [2.45, 2.75) is 27.7 Å². The molecule has 0 radical (unpaired) electrons. The lowest BCUT2D eigenvalue weighted by molar-refractivity contribution is -0.921. The van der Waals surface area contributed by atoms with Crippen molar-refractivity contribution in [3.63, 3.8) is 0 Å². The van der Waals surface area contributed by atoms with Gasteiger partial charge in [-0.2, -0.15) is 0 Å². The third kappa shape index (κ3) is 2.65. The fourth-order valence-electron chi connectivity index (χ4n) is 1.34. The predicted molar refractivity (Wildman–Crippen MR) is 46.0 cm³/mol. The van der Waals surface area contributed by atoms with Crippen molar-refractivity contribution in [2.75, 3.05) is 26.2 Å². The summed E-state index contributed by atoms with van der Waals surface area (Å²) in [5.41, 5.74) is 0. The van der Waals surface area contributed by atoms with Crippen molar-refractivity contribution in [3.8, 4) is 0 Å². The summed E-state index contributed by atoms with van der Waals surface area (Å²) in [6.07, 6.45) is 0. The summed E-state index contributed by atoms with van der Waals surface area (Å²) in [4.78, 5) is 0. The Morgan fingerprint density at radius 3 is 1.00 bits per heavy atom. The normalized spacial score (nSPS) is 10.8. The first kappa shape index (κ1) is 12.6. The number of hydrogen-bond donors (Lipinski definition) is 0. The summed E-state index contributed by atoms with van der Waals surface area (Å²) in [5.74, 6) is 0. The van der Waals surface area contributed by atoms with Crippen LogP contribution in [0.5, 0.6) is 0 Å². The van der Waals surface area contributed by atoms with Gasteiger partial charge in [0.1, 0.15) is 0 Å². The van der Waals surface area contributed by atoms with Crippen molar-refractivity contribution in [2.24, 2.45) is 0 Å². The van der Waals surface area contributed by atoms with Crippen LogP contribution in [-0.4, -0.2) is 30.7 Å². The first-order chi connectivity index (χ1) is 4.24. The average Bonchev–Trinajstić information content (AvgIpc) is 1.95. The molecule has 64 valence electrons. The molecule has 0 unspecified atom stereocenters. The highest BCUT2D eigenvalue weighted by atomic mass is 19.0. The van der Waals surface area contributed by atoms with Crippen LogP contribution >= 0.6 is 0 Å². The molecule has 0 aromatic rings. The molecule has 1 nitrogen and oxygen atoms in total. The van der Waals surface area contributed by atoms with Crippen molar-refractivity contribution in [1.29, 1.82) is 0 Å². The molecular weight excluding hydrogens is 129 g/mol. The highest BCUT2D eigenvalue weighted by molar-refractivity contribution is 4.31. The molecule has 0 bridgehead atoms. The van der Waals surface area contributed by atoms with Crippen LogP contribution < -0.4 is 0 Å². The second kappa shape index (κ2) is 5.66. The summed E-state index contributed by atoms with van der Waals surface area (Å²) in [6.45, 7) is 14.2. The van der Waals surface area contributed by atoms with E-state index in [1.165, 1.54) is 30.7 Å². The van der Waals surface area contributed by atoms with Crippen LogP contribution in [0.1, 0.15) is 29.1 Å². The number of hydrogen-bond acceptors (Lipinski definition) is 0. The molecule has 0 amide bonds. The van der Waals surface area contributed by atoms with E-state index < -0.39 is 0 Å². The molecule has 0 rings (SSSR count). The molecular formula is C8H22FN+2. The monoisotopic (exact) mass is 151 g/mol. The van der Waals surface area contributed by atoms with Crippen LogP contribution in [-0.2, 0) is 0 Å². The smallest absolute Gasteiger partial charge is 0.325 e. The average molecular weight is 151 g/mol. The largest absolute Gasteiger partial charge is 1.00 e. The van der Waals surface area contributed by atoms with E-state index in [0.29, 0.717) is 0 Å². The minimum atomic E-state index is 0. The third-order valence-electron chi connectivity index (χ3n) is 2.68. The Hall–Kier alpha value is -0.110. The topological polar surface area (TPSA) is 0 Å². The standard InChI is InChI=1S/C8H20N.FH/c1-5-9(6-2,7-3)8-4;/h5-8H2,1-4H3;1H/q+1;/p+1. The Labute approximate surface area is 65.5 Å². The van der Waals surface area contributed by atoms with Crippen molar-refractivity contribution >= 4 is 0 Å². The summed E-state index contributed by atoms with van der Waals surface area (Å²) in [7, 11) is 0. The minimum Gasteiger partial charge on any atom is -0.325 e. The molecule has 0 aliphatic rings. The molecule has 2 heteroatoms. The van der Waals surface area contributed by atoms with E-state index in [1.807, 2.05) is 0 Å². The van der Waals surface area contributed by atoms with E-state index in [4.69, 9.17) is 0 Å². The zero-order chi connectivity index (χ0) is 7.33.